The zero-order chi connectivity index (χ0) is 10.2. The van der Waals surface area contributed by atoms with Crippen LogP contribution in [0.1, 0.15) is 17.7 Å². The molecule has 1 aromatic rings. The van der Waals surface area contributed by atoms with Gasteiger partial charge in [-0.05, 0) is 25.5 Å². The molecular weight excluding hydrogens is 178 g/mol. The van der Waals surface area contributed by atoms with E-state index in [1.54, 1.807) is 4.68 Å². The van der Waals surface area contributed by atoms with Crippen LogP contribution < -0.4 is 5.32 Å². The van der Waals surface area contributed by atoms with Crippen LogP contribution in [0, 0.1) is 6.92 Å². The maximum absolute atomic E-state index is 10.2. The maximum Gasteiger partial charge on any atom is 0.0839 e. The van der Waals surface area contributed by atoms with Crippen LogP contribution in [0.5, 0.6) is 0 Å². The van der Waals surface area contributed by atoms with Crippen LogP contribution in [0.4, 0.5) is 0 Å². The highest BCUT2D eigenvalue weighted by atomic mass is 16.3. The minimum absolute atomic E-state index is 0.584. The minimum Gasteiger partial charge on any atom is -0.388 e. The Morgan fingerprint density at radius 2 is 2.50 bits per heavy atom. The van der Waals surface area contributed by atoms with Gasteiger partial charge < -0.3 is 10.4 Å². The second-order valence-electron chi connectivity index (χ2n) is 4.26. The third-order valence-corrected chi connectivity index (χ3v) is 2.83. The molecule has 1 aliphatic rings. The monoisotopic (exact) mass is 195 g/mol. The standard InChI is InChI=1S/C10H17N3O/c1-8-6-13(2)12-9(8)5-10(14)3-4-11-7-10/h6,11,14H,3-5,7H2,1-2H3. The lowest BCUT2D eigenvalue weighted by Crippen LogP contribution is -2.34. The molecule has 0 saturated carbocycles. The van der Waals surface area contributed by atoms with E-state index in [9.17, 15) is 5.11 Å². The van der Waals surface area contributed by atoms with Crippen LogP contribution >= 0.6 is 0 Å². The van der Waals surface area contributed by atoms with Gasteiger partial charge in [0.15, 0.2) is 0 Å². The molecule has 2 N–H and O–H groups in total. The SMILES string of the molecule is Cc1cn(C)nc1CC1(O)CCNC1. The summed E-state index contributed by atoms with van der Waals surface area (Å²) in [6, 6.07) is 0. The zero-order valence-corrected chi connectivity index (χ0v) is 8.75. The highest BCUT2D eigenvalue weighted by Gasteiger charge is 2.32. The van der Waals surface area contributed by atoms with Crippen molar-refractivity contribution in [3.8, 4) is 0 Å². The van der Waals surface area contributed by atoms with E-state index in [0.29, 0.717) is 13.0 Å². The van der Waals surface area contributed by atoms with E-state index in [4.69, 9.17) is 0 Å². The van der Waals surface area contributed by atoms with Gasteiger partial charge in [0.05, 0.1) is 11.3 Å². The van der Waals surface area contributed by atoms with E-state index in [-0.39, 0.29) is 0 Å². The summed E-state index contributed by atoms with van der Waals surface area (Å²) >= 11 is 0. The lowest BCUT2D eigenvalue weighted by molar-refractivity contribution is 0.0606. The average Bonchev–Trinajstić information content (AvgIpc) is 2.61. The molecule has 1 atom stereocenters. The fourth-order valence-electron chi connectivity index (χ4n) is 2.02. The van der Waals surface area contributed by atoms with Gasteiger partial charge in [-0.25, -0.2) is 0 Å². The number of aliphatic hydroxyl groups is 1. The number of aryl methyl sites for hydroxylation is 2. The molecule has 0 aromatic carbocycles. The van der Waals surface area contributed by atoms with E-state index in [1.165, 1.54) is 0 Å². The third kappa shape index (κ3) is 1.81. The Hall–Kier alpha value is -0.870. The molecule has 2 heterocycles. The molecule has 1 saturated heterocycles. The van der Waals surface area contributed by atoms with Crippen LogP contribution in [-0.4, -0.2) is 33.6 Å². The molecular formula is C10H17N3O. The molecule has 1 aromatic heterocycles. The average molecular weight is 195 g/mol. The lowest BCUT2D eigenvalue weighted by atomic mass is 9.96. The summed E-state index contributed by atoms with van der Waals surface area (Å²) < 4.78 is 1.80. The smallest absolute Gasteiger partial charge is 0.0839 e. The van der Waals surface area contributed by atoms with Crippen LogP contribution in [0.3, 0.4) is 0 Å². The van der Waals surface area contributed by atoms with E-state index in [1.807, 2.05) is 20.2 Å². The summed E-state index contributed by atoms with van der Waals surface area (Å²) in [7, 11) is 1.91. The van der Waals surface area contributed by atoms with Gasteiger partial charge in [-0.3, -0.25) is 4.68 Å². The fourth-order valence-corrected chi connectivity index (χ4v) is 2.02. The molecule has 1 aliphatic heterocycles. The number of hydrogen-bond acceptors (Lipinski definition) is 3. The topological polar surface area (TPSA) is 50.1 Å². The first-order valence-corrected chi connectivity index (χ1v) is 5.01. The van der Waals surface area contributed by atoms with Crippen molar-refractivity contribution in [2.75, 3.05) is 13.1 Å². The van der Waals surface area contributed by atoms with Crippen LogP contribution in [0.15, 0.2) is 6.20 Å². The lowest BCUT2D eigenvalue weighted by Gasteiger charge is -2.19. The van der Waals surface area contributed by atoms with Crippen LogP contribution in [0.25, 0.3) is 0 Å². The number of nitrogens with zero attached hydrogens (tertiary/aromatic N) is 2. The maximum atomic E-state index is 10.2. The van der Waals surface area contributed by atoms with Crippen molar-refractivity contribution >= 4 is 0 Å². The number of β-amino-alcohol motifs (C(OH)–C–C–N with tert-alkyl or cyclic N) is 1. The van der Waals surface area contributed by atoms with Crippen molar-refractivity contribution in [2.24, 2.45) is 7.05 Å². The minimum atomic E-state index is -0.584. The summed E-state index contributed by atoms with van der Waals surface area (Å²) in [6.07, 6.45) is 3.47. The van der Waals surface area contributed by atoms with E-state index in [2.05, 4.69) is 10.4 Å². The summed E-state index contributed by atoms with van der Waals surface area (Å²) in [6.45, 7) is 3.62. The second-order valence-corrected chi connectivity index (χ2v) is 4.26. The predicted octanol–water partition coefficient (Wildman–Crippen LogP) is -0.00458. The quantitative estimate of drug-likeness (QED) is 0.698. The van der Waals surface area contributed by atoms with Crippen molar-refractivity contribution in [1.29, 1.82) is 0 Å². The van der Waals surface area contributed by atoms with Gasteiger partial charge in [0.25, 0.3) is 0 Å². The van der Waals surface area contributed by atoms with Crippen molar-refractivity contribution in [3.63, 3.8) is 0 Å². The predicted molar refractivity (Wildman–Crippen MR) is 54.1 cm³/mol. The van der Waals surface area contributed by atoms with Gasteiger partial charge in [0, 0.05) is 26.2 Å². The molecule has 2 rings (SSSR count). The second kappa shape index (κ2) is 3.37. The summed E-state index contributed by atoms with van der Waals surface area (Å²) in [5.41, 5.74) is 1.59. The van der Waals surface area contributed by atoms with Gasteiger partial charge >= 0.3 is 0 Å². The molecule has 0 aliphatic carbocycles. The Bertz CT molecular complexity index is 326. The molecule has 1 fully saturated rings. The number of nitrogens with one attached hydrogen (secondary N) is 1. The Balaban J connectivity index is 2.13. The van der Waals surface area contributed by atoms with Crippen molar-refractivity contribution in [2.45, 2.75) is 25.4 Å². The summed E-state index contributed by atoms with van der Waals surface area (Å²) in [5, 5.41) is 17.7. The molecule has 4 nitrogen and oxygen atoms in total. The Kier molecular flexibility index (Phi) is 2.33. The third-order valence-electron chi connectivity index (χ3n) is 2.83. The number of rotatable bonds is 2. The highest BCUT2D eigenvalue weighted by Crippen LogP contribution is 2.20. The number of aromatic nitrogens is 2. The molecule has 4 heteroatoms. The van der Waals surface area contributed by atoms with E-state index >= 15 is 0 Å². The first-order valence-electron chi connectivity index (χ1n) is 5.01. The van der Waals surface area contributed by atoms with Gasteiger partial charge in [0.1, 0.15) is 0 Å². The van der Waals surface area contributed by atoms with Gasteiger partial charge in [-0.2, -0.15) is 5.10 Å². The van der Waals surface area contributed by atoms with Gasteiger partial charge in [-0.15, -0.1) is 0 Å². The van der Waals surface area contributed by atoms with Crippen molar-refractivity contribution in [3.05, 3.63) is 17.5 Å². The van der Waals surface area contributed by atoms with Crippen molar-refractivity contribution in [1.82, 2.24) is 15.1 Å². The Labute approximate surface area is 83.9 Å². The van der Waals surface area contributed by atoms with E-state index in [0.717, 1.165) is 24.2 Å². The normalized spacial score (nSPS) is 27.1. The molecule has 14 heavy (non-hydrogen) atoms. The van der Waals surface area contributed by atoms with Gasteiger partial charge in [0.2, 0.25) is 0 Å². The van der Waals surface area contributed by atoms with Gasteiger partial charge in [-0.1, -0.05) is 0 Å². The summed E-state index contributed by atoms with van der Waals surface area (Å²) in [5.74, 6) is 0. The molecule has 0 spiro atoms. The van der Waals surface area contributed by atoms with Crippen LogP contribution in [-0.2, 0) is 13.5 Å². The molecule has 0 radical (unpaired) electrons. The molecule has 1 unspecified atom stereocenters. The van der Waals surface area contributed by atoms with Crippen molar-refractivity contribution < 1.29 is 5.11 Å². The molecule has 0 amide bonds. The molecule has 0 bridgehead atoms. The summed E-state index contributed by atoms with van der Waals surface area (Å²) in [4.78, 5) is 0. The first-order chi connectivity index (χ1) is 6.59. The largest absolute Gasteiger partial charge is 0.388 e. The van der Waals surface area contributed by atoms with Crippen LogP contribution in [0.2, 0.25) is 0 Å². The Morgan fingerprint density at radius 3 is 3.00 bits per heavy atom. The zero-order valence-electron chi connectivity index (χ0n) is 8.75. The fraction of sp³-hybridized carbons (Fsp3) is 0.700. The number of hydrogen-bond donors (Lipinski definition) is 2. The molecule has 78 valence electrons. The first kappa shape index (κ1) is 9.68. The van der Waals surface area contributed by atoms with E-state index < -0.39 is 5.60 Å². The Morgan fingerprint density at radius 1 is 1.71 bits per heavy atom. The highest BCUT2D eigenvalue weighted by molar-refractivity contribution is 5.17.